The fraction of sp³-hybridized carbons (Fsp3) is 0.429. The third-order valence-corrected chi connectivity index (χ3v) is 6.23. The Balaban J connectivity index is 0.000000199. The van der Waals surface area contributed by atoms with E-state index in [1.54, 1.807) is 0 Å². The second-order valence-corrected chi connectivity index (χ2v) is 9.57. The highest BCUT2D eigenvalue weighted by atomic mass is 15.2. The summed E-state index contributed by atoms with van der Waals surface area (Å²) in [4.78, 5) is 4.65. The van der Waals surface area contributed by atoms with Gasteiger partial charge in [-0.15, -0.1) is 0 Å². The van der Waals surface area contributed by atoms with Gasteiger partial charge in [-0.05, 0) is 38.1 Å². The van der Waals surface area contributed by atoms with E-state index in [-0.39, 0.29) is 11.0 Å². The Morgan fingerprint density at radius 2 is 1.13 bits per heavy atom. The van der Waals surface area contributed by atoms with Gasteiger partial charge in [0.25, 0.3) is 0 Å². The highest BCUT2D eigenvalue weighted by molar-refractivity contribution is 5.55. The van der Waals surface area contributed by atoms with E-state index in [4.69, 9.17) is 0 Å². The van der Waals surface area contributed by atoms with Crippen LogP contribution in [0.5, 0.6) is 0 Å². The van der Waals surface area contributed by atoms with Crippen molar-refractivity contribution in [2.24, 2.45) is 10.8 Å². The van der Waals surface area contributed by atoms with Crippen LogP contribution in [0.2, 0.25) is 0 Å². The van der Waals surface area contributed by atoms with Gasteiger partial charge in [-0.25, -0.2) is 0 Å². The molecule has 2 aliphatic rings. The number of anilines is 2. The zero-order valence-electron chi connectivity index (χ0n) is 20.2. The summed E-state index contributed by atoms with van der Waals surface area (Å²) >= 11 is 0. The molecule has 0 saturated heterocycles. The summed E-state index contributed by atoms with van der Waals surface area (Å²) in [5, 5.41) is 0. The van der Waals surface area contributed by atoms with Gasteiger partial charge in [-0.3, -0.25) is 0 Å². The Morgan fingerprint density at radius 3 is 1.53 bits per heavy atom. The number of rotatable bonds is 2. The Bertz CT molecular complexity index is 829. The van der Waals surface area contributed by atoms with E-state index in [1.165, 1.54) is 11.4 Å². The summed E-state index contributed by atoms with van der Waals surface area (Å²) in [7, 11) is 0. The average Bonchev–Trinajstić information content (AvgIpc) is 3.20. The van der Waals surface area contributed by atoms with Gasteiger partial charge in [0.15, 0.2) is 0 Å². The molecule has 0 spiro atoms. The quantitative estimate of drug-likeness (QED) is 0.502. The van der Waals surface area contributed by atoms with E-state index in [0.717, 1.165) is 6.54 Å². The highest BCUT2D eigenvalue weighted by Crippen LogP contribution is 2.44. The molecule has 0 saturated carbocycles. The van der Waals surface area contributed by atoms with E-state index >= 15 is 0 Å². The van der Waals surface area contributed by atoms with Crippen LogP contribution >= 0.6 is 0 Å². The normalized spacial score (nSPS) is 19.6. The van der Waals surface area contributed by atoms with Crippen LogP contribution in [0.1, 0.15) is 55.4 Å². The van der Waals surface area contributed by atoms with Crippen molar-refractivity contribution in [1.29, 1.82) is 0 Å². The minimum atomic E-state index is 0.133. The molecule has 2 aliphatic heterocycles. The molecule has 0 atom stereocenters. The second-order valence-electron chi connectivity index (χ2n) is 9.57. The first kappa shape index (κ1) is 23.8. The summed E-state index contributed by atoms with van der Waals surface area (Å²) < 4.78 is 0. The van der Waals surface area contributed by atoms with Gasteiger partial charge in [-0.1, -0.05) is 90.1 Å². The first-order chi connectivity index (χ1) is 14.1. The minimum absolute atomic E-state index is 0.133. The first-order valence-electron chi connectivity index (χ1n) is 11.2. The maximum Gasteiger partial charge on any atom is 0.0475 e. The van der Waals surface area contributed by atoms with Crippen LogP contribution in [0.4, 0.5) is 11.4 Å². The molecular formula is C28H40N2. The third kappa shape index (κ3) is 5.36. The SMILES string of the molecule is CC.CC1(C)C=CN(c2ccccc2)C1.CC1(C)C=CN(c2ccccc2)C1(C)C. The predicted octanol–water partition coefficient (Wildman–Crippen LogP) is 7.90. The number of nitrogens with zero attached hydrogens (tertiary/aromatic N) is 2. The number of benzene rings is 2. The van der Waals surface area contributed by atoms with E-state index in [1.807, 2.05) is 13.8 Å². The van der Waals surface area contributed by atoms with Crippen molar-refractivity contribution in [2.75, 3.05) is 16.3 Å². The predicted molar refractivity (Wildman–Crippen MR) is 134 cm³/mol. The van der Waals surface area contributed by atoms with Crippen LogP contribution in [0, 0.1) is 10.8 Å². The summed E-state index contributed by atoms with van der Waals surface area (Å²) in [6.07, 6.45) is 8.94. The standard InChI is InChI=1S/C14H19N.C12H15N.C2H6/c1-13(2)10-11-15(14(13,3)4)12-8-6-5-7-9-12;1-12(2)8-9-13(10-12)11-6-4-3-5-7-11;1-2/h5-11H,1-4H3;3-9H,10H2,1-2H3;1-2H3. The fourth-order valence-corrected chi connectivity index (χ4v) is 3.59. The van der Waals surface area contributed by atoms with Gasteiger partial charge in [-0.2, -0.15) is 0 Å². The highest BCUT2D eigenvalue weighted by Gasteiger charge is 2.43. The number of hydrogen-bond donors (Lipinski definition) is 0. The zero-order valence-corrected chi connectivity index (χ0v) is 20.2. The van der Waals surface area contributed by atoms with Crippen LogP contribution in [0.15, 0.2) is 85.2 Å². The van der Waals surface area contributed by atoms with Gasteiger partial charge in [0.1, 0.15) is 0 Å². The molecule has 0 aromatic heterocycles. The molecular weight excluding hydrogens is 364 g/mol. The van der Waals surface area contributed by atoms with Crippen LogP contribution in [-0.4, -0.2) is 12.1 Å². The first-order valence-corrected chi connectivity index (χ1v) is 11.2. The summed E-state index contributed by atoms with van der Waals surface area (Å²) in [6.45, 7) is 18.7. The van der Waals surface area contributed by atoms with Crippen molar-refractivity contribution < 1.29 is 0 Å². The van der Waals surface area contributed by atoms with Crippen molar-refractivity contribution in [3.05, 3.63) is 85.2 Å². The Morgan fingerprint density at radius 1 is 0.633 bits per heavy atom. The van der Waals surface area contributed by atoms with Crippen LogP contribution in [0.25, 0.3) is 0 Å². The molecule has 0 aliphatic carbocycles. The Kier molecular flexibility index (Phi) is 7.58. The lowest BCUT2D eigenvalue weighted by molar-refractivity contribution is 0.289. The van der Waals surface area contributed by atoms with Crippen molar-refractivity contribution in [2.45, 2.75) is 60.9 Å². The number of hydrogen-bond acceptors (Lipinski definition) is 2. The van der Waals surface area contributed by atoms with E-state index in [2.05, 4.69) is 137 Å². The van der Waals surface area contributed by atoms with E-state index in [9.17, 15) is 0 Å². The second kappa shape index (κ2) is 9.55. The molecule has 0 unspecified atom stereocenters. The maximum atomic E-state index is 2.35. The van der Waals surface area contributed by atoms with Gasteiger partial charge < -0.3 is 9.80 Å². The molecule has 2 heterocycles. The van der Waals surface area contributed by atoms with Crippen LogP contribution < -0.4 is 9.80 Å². The van der Waals surface area contributed by atoms with Crippen LogP contribution in [0.3, 0.4) is 0 Å². The summed E-state index contributed by atoms with van der Waals surface area (Å²) in [6, 6.07) is 21.0. The van der Waals surface area contributed by atoms with Crippen molar-refractivity contribution in [3.8, 4) is 0 Å². The molecule has 2 nitrogen and oxygen atoms in total. The van der Waals surface area contributed by atoms with Gasteiger partial charge in [0.2, 0.25) is 0 Å². The van der Waals surface area contributed by atoms with Gasteiger partial charge >= 0.3 is 0 Å². The van der Waals surface area contributed by atoms with Crippen molar-refractivity contribution in [1.82, 2.24) is 0 Å². The Labute approximate surface area is 184 Å². The molecule has 30 heavy (non-hydrogen) atoms. The van der Waals surface area contributed by atoms with E-state index < -0.39 is 0 Å². The van der Waals surface area contributed by atoms with Crippen molar-refractivity contribution >= 4 is 11.4 Å². The maximum absolute atomic E-state index is 2.35. The van der Waals surface area contributed by atoms with Crippen LogP contribution in [-0.2, 0) is 0 Å². The largest absolute Gasteiger partial charge is 0.347 e. The summed E-state index contributed by atoms with van der Waals surface area (Å²) in [5.41, 5.74) is 3.21. The van der Waals surface area contributed by atoms with Gasteiger partial charge in [0.05, 0.1) is 0 Å². The third-order valence-electron chi connectivity index (χ3n) is 6.23. The fourth-order valence-electron chi connectivity index (χ4n) is 3.59. The molecule has 4 rings (SSSR count). The van der Waals surface area contributed by atoms with E-state index in [0.29, 0.717) is 5.41 Å². The number of para-hydroxylation sites is 2. The molecule has 0 fully saturated rings. The summed E-state index contributed by atoms with van der Waals surface area (Å²) in [5.74, 6) is 0. The lowest BCUT2D eigenvalue weighted by Crippen LogP contribution is -2.46. The van der Waals surface area contributed by atoms with Crippen molar-refractivity contribution in [3.63, 3.8) is 0 Å². The molecule has 2 heteroatoms. The molecule has 2 aromatic rings. The van der Waals surface area contributed by atoms with Gasteiger partial charge in [0, 0.05) is 46.7 Å². The smallest absolute Gasteiger partial charge is 0.0475 e. The minimum Gasteiger partial charge on any atom is -0.347 e. The molecule has 0 N–H and O–H groups in total. The zero-order chi connectivity index (χ0) is 22.4. The average molecular weight is 405 g/mol. The molecule has 0 amide bonds. The lowest BCUT2D eigenvalue weighted by atomic mass is 9.76. The monoisotopic (exact) mass is 404 g/mol. The molecule has 162 valence electrons. The molecule has 0 bridgehead atoms. The Hall–Kier alpha value is -2.48. The topological polar surface area (TPSA) is 6.48 Å². The molecule has 2 aromatic carbocycles. The lowest BCUT2D eigenvalue weighted by Gasteiger charge is -2.42. The molecule has 0 radical (unpaired) electrons.